The number of carbonyl (C=O) groups is 2. The molecule has 0 bridgehead atoms. The van der Waals surface area contributed by atoms with Gasteiger partial charge in [0.15, 0.2) is 4.34 Å². The molecule has 3 heterocycles. The summed E-state index contributed by atoms with van der Waals surface area (Å²) in [4.78, 5) is 33.7. The van der Waals surface area contributed by atoms with Gasteiger partial charge in [-0.25, -0.2) is 14.8 Å². The van der Waals surface area contributed by atoms with E-state index in [1.807, 2.05) is 38.1 Å². The summed E-state index contributed by atoms with van der Waals surface area (Å²) in [5.41, 5.74) is 2.26. The molecule has 0 saturated carbocycles. The van der Waals surface area contributed by atoms with Crippen molar-refractivity contribution >= 4 is 73.0 Å². The zero-order chi connectivity index (χ0) is 22.8. The molecule has 0 aliphatic rings. The maximum atomic E-state index is 12.1. The van der Waals surface area contributed by atoms with E-state index in [4.69, 9.17) is 4.74 Å². The number of esters is 1. The summed E-state index contributed by atoms with van der Waals surface area (Å²) in [6, 6.07) is 7.33. The summed E-state index contributed by atoms with van der Waals surface area (Å²) in [6.07, 6.45) is 0. The molecule has 2 N–H and O–H groups in total. The number of nitrogens with zero attached hydrogens (tertiary/aromatic N) is 4. The van der Waals surface area contributed by atoms with Gasteiger partial charge in [0.2, 0.25) is 11.0 Å². The summed E-state index contributed by atoms with van der Waals surface area (Å²) in [7, 11) is 1.36. The minimum absolute atomic E-state index is 0.137. The van der Waals surface area contributed by atoms with Gasteiger partial charge in [-0.15, -0.1) is 21.5 Å². The number of aromatic nitrogens is 4. The molecule has 1 aromatic carbocycles. The largest absolute Gasteiger partial charge is 0.465 e. The van der Waals surface area contributed by atoms with Gasteiger partial charge in [-0.05, 0) is 49.4 Å². The topological polar surface area (TPSA) is 119 Å². The number of carbonyl (C=O) groups excluding carboxylic acids is 2. The van der Waals surface area contributed by atoms with Crippen molar-refractivity contribution in [2.75, 3.05) is 17.7 Å². The van der Waals surface area contributed by atoms with Crippen molar-refractivity contribution in [1.82, 2.24) is 20.2 Å². The van der Waals surface area contributed by atoms with Crippen molar-refractivity contribution in [2.45, 2.75) is 30.1 Å². The van der Waals surface area contributed by atoms with Gasteiger partial charge >= 0.3 is 5.97 Å². The third kappa shape index (κ3) is 4.71. The van der Waals surface area contributed by atoms with Gasteiger partial charge in [-0.2, -0.15) is 0 Å². The van der Waals surface area contributed by atoms with Gasteiger partial charge in [0.25, 0.3) is 0 Å². The predicted octanol–water partition coefficient (Wildman–Crippen LogP) is 4.80. The summed E-state index contributed by atoms with van der Waals surface area (Å²) < 4.78 is 5.58. The van der Waals surface area contributed by atoms with Gasteiger partial charge < -0.3 is 15.4 Å². The number of hydrogen-bond acceptors (Lipinski definition) is 11. The SMILES string of the molecule is COC(=O)c1sc2nc(C)nc(Sc3nnc(Nc4cccc(NC(C)=O)c4)s3)c2c1C. The quantitative estimate of drug-likeness (QED) is 0.292. The average Bonchev–Trinajstić information content (AvgIpc) is 3.31. The fraction of sp³-hybridized carbons (Fsp3) is 0.200. The van der Waals surface area contributed by atoms with E-state index in [9.17, 15) is 9.59 Å². The summed E-state index contributed by atoms with van der Waals surface area (Å²) >= 11 is 4.04. The third-order valence-corrected chi connectivity index (χ3v) is 7.31. The molecule has 9 nitrogen and oxygen atoms in total. The first-order valence-electron chi connectivity index (χ1n) is 9.36. The van der Waals surface area contributed by atoms with Crippen LogP contribution in [0.1, 0.15) is 28.0 Å². The van der Waals surface area contributed by atoms with Crippen LogP contribution >= 0.6 is 34.4 Å². The van der Waals surface area contributed by atoms with E-state index in [2.05, 4.69) is 30.8 Å². The molecule has 0 atom stereocenters. The smallest absolute Gasteiger partial charge is 0.348 e. The number of aryl methyl sites for hydroxylation is 2. The van der Waals surface area contributed by atoms with Crippen LogP contribution in [0.2, 0.25) is 0 Å². The molecule has 12 heteroatoms. The van der Waals surface area contributed by atoms with E-state index in [1.54, 1.807) is 0 Å². The maximum Gasteiger partial charge on any atom is 0.348 e. The standard InChI is InChI=1S/C20H18N6O3S3/c1-9-14-16(30-15(9)18(28)29-4)21-10(2)22-17(14)31-20-26-25-19(32-20)24-13-7-5-6-12(8-13)23-11(3)27/h5-8H,1-4H3,(H,23,27)(H,24,25). The fourth-order valence-electron chi connectivity index (χ4n) is 2.95. The highest BCUT2D eigenvalue weighted by molar-refractivity contribution is 8.01. The highest BCUT2D eigenvalue weighted by atomic mass is 32.2. The number of methoxy groups -OCH3 is 1. The number of amides is 1. The zero-order valence-corrected chi connectivity index (χ0v) is 20.0. The maximum absolute atomic E-state index is 12.1. The Hall–Kier alpha value is -3.09. The number of thiophene rings is 1. The number of hydrogen-bond donors (Lipinski definition) is 2. The van der Waals surface area contributed by atoms with Crippen molar-refractivity contribution in [2.24, 2.45) is 0 Å². The molecule has 0 saturated heterocycles. The van der Waals surface area contributed by atoms with Crippen molar-refractivity contribution in [1.29, 1.82) is 0 Å². The molecule has 0 aliphatic carbocycles. The average molecular weight is 487 g/mol. The Labute approximate surface area is 195 Å². The third-order valence-electron chi connectivity index (χ3n) is 4.26. The molecule has 164 valence electrons. The van der Waals surface area contributed by atoms with Crippen molar-refractivity contribution in [3.05, 3.63) is 40.5 Å². The Morgan fingerprint density at radius 1 is 1.09 bits per heavy atom. The Morgan fingerprint density at radius 2 is 1.88 bits per heavy atom. The molecule has 0 spiro atoms. The first-order valence-corrected chi connectivity index (χ1v) is 11.8. The van der Waals surface area contributed by atoms with Crippen molar-refractivity contribution in [3.8, 4) is 0 Å². The van der Waals surface area contributed by atoms with Crippen LogP contribution in [0, 0.1) is 13.8 Å². The van der Waals surface area contributed by atoms with Gasteiger partial charge in [0, 0.05) is 23.7 Å². The zero-order valence-electron chi connectivity index (χ0n) is 17.5. The Morgan fingerprint density at radius 3 is 2.62 bits per heavy atom. The second-order valence-corrected chi connectivity index (χ2v) is 9.88. The van der Waals surface area contributed by atoms with Crippen LogP contribution in [0.4, 0.5) is 16.5 Å². The van der Waals surface area contributed by atoms with E-state index in [0.29, 0.717) is 30.9 Å². The molecule has 0 fully saturated rings. The van der Waals surface area contributed by atoms with Crippen LogP contribution in [0.15, 0.2) is 33.6 Å². The molecule has 3 aromatic heterocycles. The van der Waals surface area contributed by atoms with Gasteiger partial charge in [0.05, 0.1) is 7.11 Å². The molecule has 0 aliphatic heterocycles. The lowest BCUT2D eigenvalue weighted by molar-refractivity contribution is -0.114. The normalized spacial score (nSPS) is 10.9. The van der Waals surface area contributed by atoms with Gasteiger partial charge in [-0.1, -0.05) is 17.4 Å². The Bertz CT molecular complexity index is 1330. The number of benzene rings is 1. The minimum Gasteiger partial charge on any atom is -0.465 e. The van der Waals surface area contributed by atoms with Crippen LogP contribution < -0.4 is 10.6 Å². The molecule has 1 amide bonds. The van der Waals surface area contributed by atoms with Crippen LogP contribution in [0.25, 0.3) is 10.2 Å². The first kappa shape index (κ1) is 22.1. The second-order valence-electron chi connectivity index (χ2n) is 6.67. The molecular formula is C20H18N6O3S3. The second kappa shape index (κ2) is 9.18. The number of rotatable bonds is 6. The predicted molar refractivity (Wildman–Crippen MR) is 126 cm³/mol. The van der Waals surface area contributed by atoms with Crippen molar-refractivity contribution < 1.29 is 14.3 Å². The Kier molecular flexibility index (Phi) is 6.35. The fourth-order valence-corrected chi connectivity index (χ4v) is 6.07. The highest BCUT2D eigenvalue weighted by Gasteiger charge is 2.22. The van der Waals surface area contributed by atoms with Gasteiger partial charge in [-0.3, -0.25) is 4.79 Å². The van der Waals surface area contributed by atoms with E-state index < -0.39 is 0 Å². The minimum atomic E-state index is -0.386. The molecule has 0 radical (unpaired) electrons. The highest BCUT2D eigenvalue weighted by Crippen LogP contribution is 2.40. The van der Waals surface area contributed by atoms with Crippen LogP contribution in [0.3, 0.4) is 0 Å². The number of ether oxygens (including phenoxy) is 1. The monoisotopic (exact) mass is 486 g/mol. The van der Waals surface area contributed by atoms with E-state index in [1.165, 1.54) is 48.5 Å². The number of nitrogens with one attached hydrogen (secondary N) is 2. The summed E-state index contributed by atoms with van der Waals surface area (Å²) in [5, 5.41) is 16.5. The first-order chi connectivity index (χ1) is 15.3. The van der Waals surface area contributed by atoms with Crippen LogP contribution in [-0.4, -0.2) is 39.2 Å². The summed E-state index contributed by atoms with van der Waals surface area (Å²) in [6.45, 7) is 5.14. The lowest BCUT2D eigenvalue weighted by Gasteiger charge is -2.05. The number of anilines is 3. The molecule has 32 heavy (non-hydrogen) atoms. The lowest BCUT2D eigenvalue weighted by Crippen LogP contribution is -2.05. The molecule has 4 aromatic rings. The van der Waals surface area contributed by atoms with E-state index in [0.717, 1.165) is 21.5 Å². The van der Waals surface area contributed by atoms with Crippen molar-refractivity contribution in [3.63, 3.8) is 0 Å². The number of fused-ring (bicyclic) bond motifs is 1. The molecule has 4 rings (SSSR count). The van der Waals surface area contributed by atoms with E-state index >= 15 is 0 Å². The summed E-state index contributed by atoms with van der Waals surface area (Å²) in [5.74, 6) is 0.0839. The van der Waals surface area contributed by atoms with Crippen LogP contribution in [0.5, 0.6) is 0 Å². The molecule has 0 unspecified atom stereocenters. The Balaban J connectivity index is 1.59. The van der Waals surface area contributed by atoms with E-state index in [-0.39, 0.29) is 11.9 Å². The molecular weight excluding hydrogens is 468 g/mol. The lowest BCUT2D eigenvalue weighted by atomic mass is 10.2. The van der Waals surface area contributed by atoms with Crippen LogP contribution in [-0.2, 0) is 9.53 Å². The van der Waals surface area contributed by atoms with Gasteiger partial charge in [0.1, 0.15) is 20.6 Å².